The average molecular weight is 114 g/mol. The Morgan fingerprint density at radius 3 is 1.38 bits per heavy atom. The van der Waals surface area contributed by atoms with Gasteiger partial charge in [0.05, 0.1) is 0 Å². The number of rotatable bonds is 0. The van der Waals surface area contributed by atoms with Gasteiger partial charge in [0.25, 0.3) is 0 Å². The van der Waals surface area contributed by atoms with Crippen molar-refractivity contribution in [2.75, 3.05) is 0 Å². The molecule has 0 aliphatic heterocycles. The Labute approximate surface area is 44.3 Å². The van der Waals surface area contributed by atoms with Gasteiger partial charge in [0.1, 0.15) is 12.1 Å². The fraction of sp³-hybridized carbons (Fsp3) is 0. The molecule has 0 aromatic carbocycles. The molecule has 0 aromatic heterocycles. The van der Waals surface area contributed by atoms with Crippen LogP contribution in [-0.2, 0) is 0 Å². The van der Waals surface area contributed by atoms with Gasteiger partial charge >= 0.3 is 0 Å². The predicted octanol–water partition coefficient (Wildman–Crippen LogP) is 1.18. The van der Waals surface area contributed by atoms with Crippen molar-refractivity contribution in [1.29, 1.82) is 10.5 Å². The lowest BCUT2D eigenvalue weighted by Gasteiger charge is -1.72. The highest BCUT2D eigenvalue weighted by molar-refractivity contribution is 5.25. The molecule has 0 unspecified atom stereocenters. The lowest BCUT2D eigenvalue weighted by molar-refractivity contribution is 0.580. The zero-order chi connectivity index (χ0) is 6.57. The Kier molecular flexibility index (Phi) is 2.22. The molecule has 40 valence electrons. The van der Waals surface area contributed by atoms with E-state index >= 15 is 0 Å². The van der Waals surface area contributed by atoms with Gasteiger partial charge in [0.2, 0.25) is 11.7 Å². The molecule has 0 amide bonds. The van der Waals surface area contributed by atoms with Crippen LogP contribution in [0.15, 0.2) is 11.7 Å². The fourth-order valence-corrected chi connectivity index (χ4v) is 0.0982. The minimum Gasteiger partial charge on any atom is -0.191 e. The average Bonchev–Trinajstić information content (AvgIpc) is 1.84. The van der Waals surface area contributed by atoms with E-state index in [1.807, 2.05) is 0 Å². The molecule has 0 aliphatic carbocycles. The fourth-order valence-electron chi connectivity index (χ4n) is 0.0982. The van der Waals surface area contributed by atoms with Gasteiger partial charge in [-0.1, -0.05) is 0 Å². The summed E-state index contributed by atoms with van der Waals surface area (Å²) in [6.45, 7) is 0. The standard InChI is InChI=1S/C4F2N2/c5-3(1-7)4(6)2-8/b4-3+. The first-order chi connectivity index (χ1) is 3.72. The summed E-state index contributed by atoms with van der Waals surface area (Å²) >= 11 is 0. The van der Waals surface area contributed by atoms with E-state index in [-0.39, 0.29) is 0 Å². The molecule has 0 bridgehead atoms. The van der Waals surface area contributed by atoms with Crippen molar-refractivity contribution in [2.45, 2.75) is 0 Å². The van der Waals surface area contributed by atoms with E-state index < -0.39 is 11.7 Å². The van der Waals surface area contributed by atoms with Crippen LogP contribution in [0.5, 0.6) is 0 Å². The normalized spacial score (nSPS) is 11.0. The molecule has 8 heavy (non-hydrogen) atoms. The van der Waals surface area contributed by atoms with Crippen molar-refractivity contribution in [3.05, 3.63) is 11.7 Å². The third kappa shape index (κ3) is 1.36. The second kappa shape index (κ2) is 2.70. The van der Waals surface area contributed by atoms with Gasteiger partial charge in [-0.2, -0.15) is 19.3 Å². The van der Waals surface area contributed by atoms with Crippen molar-refractivity contribution >= 4 is 0 Å². The molecule has 0 heterocycles. The van der Waals surface area contributed by atoms with Gasteiger partial charge in [-0.3, -0.25) is 0 Å². The molecular formula is C4F2N2. The number of halogens is 2. The Hall–Kier alpha value is -1.42. The minimum atomic E-state index is -1.67. The highest BCUT2D eigenvalue weighted by atomic mass is 19.2. The van der Waals surface area contributed by atoms with Gasteiger partial charge in [-0.15, -0.1) is 0 Å². The SMILES string of the molecule is N#C/C(F)=C(\F)C#N. The molecule has 0 saturated carbocycles. The third-order valence-electron chi connectivity index (χ3n) is 0.389. The van der Waals surface area contributed by atoms with E-state index in [9.17, 15) is 8.78 Å². The van der Waals surface area contributed by atoms with Gasteiger partial charge in [-0.25, -0.2) is 0 Å². The lowest BCUT2D eigenvalue weighted by atomic mass is 10.5. The Morgan fingerprint density at radius 2 is 1.25 bits per heavy atom. The molecule has 2 nitrogen and oxygen atoms in total. The molecule has 0 saturated heterocycles. The molecular weight excluding hydrogens is 114 g/mol. The molecule has 0 N–H and O–H groups in total. The largest absolute Gasteiger partial charge is 0.246 e. The Balaban J connectivity index is 4.41. The molecule has 0 aliphatic rings. The van der Waals surface area contributed by atoms with Gasteiger partial charge < -0.3 is 0 Å². The van der Waals surface area contributed by atoms with Crippen LogP contribution in [0.3, 0.4) is 0 Å². The van der Waals surface area contributed by atoms with Crippen LogP contribution in [-0.4, -0.2) is 0 Å². The van der Waals surface area contributed by atoms with Crippen LogP contribution in [0.2, 0.25) is 0 Å². The maximum atomic E-state index is 11.4. The van der Waals surface area contributed by atoms with E-state index in [4.69, 9.17) is 10.5 Å². The molecule has 0 radical (unpaired) electrons. The first kappa shape index (κ1) is 6.58. The molecule has 0 aromatic rings. The second-order valence-corrected chi connectivity index (χ2v) is 0.852. The molecule has 4 heteroatoms. The van der Waals surface area contributed by atoms with Crippen LogP contribution >= 0.6 is 0 Å². The van der Waals surface area contributed by atoms with Crippen LogP contribution in [0.1, 0.15) is 0 Å². The number of allylic oxidation sites excluding steroid dienone is 2. The highest BCUT2D eigenvalue weighted by Gasteiger charge is 2.00. The maximum absolute atomic E-state index is 11.4. The monoisotopic (exact) mass is 114 g/mol. The third-order valence-corrected chi connectivity index (χ3v) is 0.389. The van der Waals surface area contributed by atoms with Crippen molar-refractivity contribution in [3.8, 4) is 12.1 Å². The summed E-state index contributed by atoms with van der Waals surface area (Å²) in [7, 11) is 0. The summed E-state index contributed by atoms with van der Waals surface area (Å²) in [6, 6.07) is 1.66. The smallest absolute Gasteiger partial charge is 0.191 e. The molecule has 0 atom stereocenters. The zero-order valence-electron chi connectivity index (χ0n) is 3.65. The number of hydrogen-bond donors (Lipinski definition) is 0. The van der Waals surface area contributed by atoms with Crippen LogP contribution in [0, 0.1) is 22.7 Å². The number of nitriles is 2. The molecule has 0 fully saturated rings. The molecule has 0 rings (SSSR count). The molecule has 0 spiro atoms. The van der Waals surface area contributed by atoms with Gasteiger partial charge in [-0.05, 0) is 0 Å². The lowest BCUT2D eigenvalue weighted by Crippen LogP contribution is -1.69. The van der Waals surface area contributed by atoms with E-state index in [1.165, 1.54) is 0 Å². The number of hydrogen-bond acceptors (Lipinski definition) is 2. The van der Waals surface area contributed by atoms with Crippen molar-refractivity contribution < 1.29 is 8.78 Å². The van der Waals surface area contributed by atoms with Crippen molar-refractivity contribution in [1.82, 2.24) is 0 Å². The predicted molar refractivity (Wildman–Crippen MR) is 20.5 cm³/mol. The summed E-state index contributed by atoms with van der Waals surface area (Å²) in [6.07, 6.45) is 0. The summed E-state index contributed by atoms with van der Waals surface area (Å²) < 4.78 is 22.9. The van der Waals surface area contributed by atoms with Crippen LogP contribution in [0.25, 0.3) is 0 Å². The van der Waals surface area contributed by atoms with E-state index in [2.05, 4.69) is 0 Å². The van der Waals surface area contributed by atoms with Gasteiger partial charge in [0, 0.05) is 0 Å². The topological polar surface area (TPSA) is 47.6 Å². The number of nitrogens with zero attached hydrogens (tertiary/aromatic N) is 2. The van der Waals surface area contributed by atoms with E-state index in [0.29, 0.717) is 0 Å². The first-order valence-corrected chi connectivity index (χ1v) is 1.58. The zero-order valence-corrected chi connectivity index (χ0v) is 3.65. The summed E-state index contributed by atoms with van der Waals surface area (Å²) in [5.74, 6) is -3.35. The van der Waals surface area contributed by atoms with Crippen molar-refractivity contribution in [3.63, 3.8) is 0 Å². The maximum Gasteiger partial charge on any atom is 0.246 e. The Bertz CT molecular complexity index is 171. The quantitative estimate of drug-likeness (QED) is 0.444. The van der Waals surface area contributed by atoms with Crippen LogP contribution in [0.4, 0.5) is 8.78 Å². The Morgan fingerprint density at radius 1 is 1.00 bits per heavy atom. The van der Waals surface area contributed by atoms with E-state index in [0.717, 1.165) is 12.1 Å². The van der Waals surface area contributed by atoms with Gasteiger partial charge in [0.15, 0.2) is 0 Å². The van der Waals surface area contributed by atoms with E-state index in [1.54, 1.807) is 0 Å². The highest BCUT2D eigenvalue weighted by Crippen LogP contribution is 2.03. The first-order valence-electron chi connectivity index (χ1n) is 1.58. The summed E-state index contributed by atoms with van der Waals surface area (Å²) in [5.41, 5.74) is 0. The summed E-state index contributed by atoms with van der Waals surface area (Å²) in [5, 5.41) is 15.1. The minimum absolute atomic E-state index is 0.831. The second-order valence-electron chi connectivity index (χ2n) is 0.852. The summed E-state index contributed by atoms with van der Waals surface area (Å²) in [4.78, 5) is 0. The van der Waals surface area contributed by atoms with Crippen molar-refractivity contribution in [2.24, 2.45) is 0 Å². The van der Waals surface area contributed by atoms with Crippen LogP contribution < -0.4 is 0 Å².